The molecule has 4 heteroatoms. The predicted octanol–water partition coefficient (Wildman–Crippen LogP) is 4.76. The number of carbonyl (C=O) groups excluding carboxylic acids is 1. The first-order valence-electron chi connectivity index (χ1n) is 8.05. The summed E-state index contributed by atoms with van der Waals surface area (Å²) in [4.78, 5) is 14.7. The molecule has 0 amide bonds. The summed E-state index contributed by atoms with van der Waals surface area (Å²) in [6.45, 7) is 4.65. The van der Waals surface area contributed by atoms with Crippen molar-refractivity contribution in [2.45, 2.75) is 26.8 Å². The van der Waals surface area contributed by atoms with E-state index >= 15 is 0 Å². The van der Waals surface area contributed by atoms with E-state index in [-0.39, 0.29) is 5.78 Å². The lowest BCUT2D eigenvalue weighted by Gasteiger charge is -1.96. The van der Waals surface area contributed by atoms with Crippen LogP contribution in [0.3, 0.4) is 0 Å². The van der Waals surface area contributed by atoms with Crippen LogP contribution in [0.2, 0.25) is 0 Å². The zero-order valence-corrected chi connectivity index (χ0v) is 14.7. The van der Waals surface area contributed by atoms with Crippen molar-refractivity contribution >= 4 is 23.2 Å². The Kier molecular flexibility index (Phi) is 5.06. The second kappa shape index (κ2) is 7.41. The van der Waals surface area contributed by atoms with Crippen LogP contribution < -0.4 is 0 Å². The Labute approximate surface area is 146 Å². The van der Waals surface area contributed by atoms with Crippen LogP contribution in [0.5, 0.6) is 0 Å². The smallest absolute Gasteiger partial charge is 0.189 e. The summed E-state index contributed by atoms with van der Waals surface area (Å²) in [6.07, 6.45) is 6.28. The molecule has 0 aliphatic heterocycles. The van der Waals surface area contributed by atoms with Gasteiger partial charge in [0, 0.05) is 28.9 Å². The summed E-state index contributed by atoms with van der Waals surface area (Å²) in [7, 11) is 0. The molecule has 3 aromatic rings. The predicted molar refractivity (Wildman–Crippen MR) is 99.6 cm³/mol. The molecule has 0 saturated heterocycles. The van der Waals surface area contributed by atoms with Gasteiger partial charge < -0.3 is 0 Å². The number of hydrogen-bond acceptors (Lipinski definition) is 3. The van der Waals surface area contributed by atoms with E-state index in [1.54, 1.807) is 22.1 Å². The third-order valence-electron chi connectivity index (χ3n) is 3.84. The van der Waals surface area contributed by atoms with Crippen molar-refractivity contribution in [3.8, 4) is 0 Å². The highest BCUT2D eigenvalue weighted by Crippen LogP contribution is 2.21. The van der Waals surface area contributed by atoms with Gasteiger partial charge in [-0.3, -0.25) is 9.48 Å². The van der Waals surface area contributed by atoms with Gasteiger partial charge in [0.15, 0.2) is 5.78 Å². The molecule has 3 nitrogen and oxygen atoms in total. The summed E-state index contributed by atoms with van der Waals surface area (Å²) in [5.74, 6) is 0.00482. The third-order valence-corrected chi connectivity index (χ3v) is 4.89. The first-order valence-corrected chi connectivity index (χ1v) is 8.86. The van der Waals surface area contributed by atoms with Crippen LogP contribution in [0.1, 0.15) is 38.3 Å². The molecule has 0 bridgehead atoms. The van der Waals surface area contributed by atoms with Crippen LogP contribution in [0.25, 0.3) is 6.08 Å². The molecule has 0 atom stereocenters. The molecule has 2 aromatic heterocycles. The third kappa shape index (κ3) is 3.89. The number of allylic oxidation sites excluding steroid dienone is 1. The van der Waals surface area contributed by atoms with Crippen molar-refractivity contribution in [1.82, 2.24) is 9.78 Å². The maximum Gasteiger partial charge on any atom is 0.189 e. The van der Waals surface area contributed by atoms with Crippen LogP contribution >= 0.6 is 11.3 Å². The van der Waals surface area contributed by atoms with Gasteiger partial charge in [-0.1, -0.05) is 30.3 Å². The van der Waals surface area contributed by atoms with Gasteiger partial charge in [-0.15, -0.1) is 11.3 Å². The van der Waals surface area contributed by atoms with Crippen LogP contribution in [-0.2, 0) is 13.0 Å². The largest absolute Gasteiger partial charge is 0.289 e. The first kappa shape index (κ1) is 16.4. The van der Waals surface area contributed by atoms with Crippen molar-refractivity contribution in [2.24, 2.45) is 0 Å². The van der Waals surface area contributed by atoms with Crippen molar-refractivity contribution in [1.29, 1.82) is 0 Å². The molecule has 0 spiro atoms. The van der Waals surface area contributed by atoms with Gasteiger partial charge in [-0.05, 0) is 43.7 Å². The molecule has 0 radical (unpaired) electrons. The van der Waals surface area contributed by atoms with Crippen LogP contribution in [-0.4, -0.2) is 15.6 Å². The number of ketones is 1. The molecular weight excluding hydrogens is 316 g/mol. The van der Waals surface area contributed by atoms with Gasteiger partial charge in [-0.25, -0.2) is 0 Å². The Morgan fingerprint density at radius 3 is 2.71 bits per heavy atom. The quantitative estimate of drug-likeness (QED) is 0.480. The molecule has 0 aliphatic rings. The van der Waals surface area contributed by atoms with Gasteiger partial charge in [0.25, 0.3) is 0 Å². The second-order valence-corrected chi connectivity index (χ2v) is 6.85. The van der Waals surface area contributed by atoms with Crippen LogP contribution in [0, 0.1) is 6.92 Å². The summed E-state index contributed by atoms with van der Waals surface area (Å²) in [5.41, 5.74) is 2.75. The van der Waals surface area contributed by atoms with E-state index in [1.807, 2.05) is 32.2 Å². The molecule has 2 heterocycles. The molecule has 0 saturated carbocycles. The maximum absolute atomic E-state index is 12.3. The van der Waals surface area contributed by atoms with Crippen LogP contribution in [0.4, 0.5) is 0 Å². The van der Waals surface area contributed by atoms with E-state index in [1.165, 1.54) is 10.4 Å². The molecule has 0 aliphatic carbocycles. The maximum atomic E-state index is 12.3. The number of hydrogen-bond donors (Lipinski definition) is 0. The molecule has 122 valence electrons. The van der Waals surface area contributed by atoms with Crippen molar-refractivity contribution < 1.29 is 4.79 Å². The summed E-state index contributed by atoms with van der Waals surface area (Å²) in [6, 6.07) is 14.6. The SMILES string of the molecule is CCn1cc(C(=O)/C=C/c2ccc(Cc3ccccc3)s2)c(C)n1. The average molecular weight is 336 g/mol. The summed E-state index contributed by atoms with van der Waals surface area (Å²) >= 11 is 1.72. The highest BCUT2D eigenvalue weighted by Gasteiger charge is 2.10. The Balaban J connectivity index is 1.68. The zero-order valence-electron chi connectivity index (χ0n) is 13.9. The van der Waals surface area contributed by atoms with E-state index in [2.05, 4.69) is 41.5 Å². The lowest BCUT2D eigenvalue weighted by atomic mass is 10.1. The molecule has 1 aromatic carbocycles. The molecule has 0 unspecified atom stereocenters. The van der Waals surface area contributed by atoms with E-state index in [0.717, 1.165) is 23.5 Å². The summed E-state index contributed by atoms with van der Waals surface area (Å²) in [5, 5.41) is 4.32. The lowest BCUT2D eigenvalue weighted by Crippen LogP contribution is -1.94. The normalized spacial score (nSPS) is 11.2. The molecule has 0 N–H and O–H groups in total. The number of thiophene rings is 1. The summed E-state index contributed by atoms with van der Waals surface area (Å²) < 4.78 is 1.79. The lowest BCUT2D eigenvalue weighted by molar-refractivity contribution is 0.104. The van der Waals surface area contributed by atoms with Gasteiger partial charge in [0.2, 0.25) is 0 Å². The highest BCUT2D eigenvalue weighted by atomic mass is 32.1. The van der Waals surface area contributed by atoms with Crippen molar-refractivity contribution in [2.75, 3.05) is 0 Å². The Morgan fingerprint density at radius 1 is 1.21 bits per heavy atom. The fourth-order valence-corrected chi connectivity index (χ4v) is 3.50. The van der Waals surface area contributed by atoms with E-state index in [4.69, 9.17) is 0 Å². The van der Waals surface area contributed by atoms with E-state index in [9.17, 15) is 4.79 Å². The minimum absolute atomic E-state index is 0.00482. The number of nitrogens with zero attached hydrogens (tertiary/aromatic N) is 2. The second-order valence-electron chi connectivity index (χ2n) is 5.65. The zero-order chi connectivity index (χ0) is 16.9. The molecule has 24 heavy (non-hydrogen) atoms. The monoisotopic (exact) mass is 336 g/mol. The fourth-order valence-electron chi connectivity index (χ4n) is 2.55. The number of rotatable bonds is 6. The van der Waals surface area contributed by atoms with Gasteiger partial charge in [-0.2, -0.15) is 5.10 Å². The molecule has 0 fully saturated rings. The van der Waals surface area contributed by atoms with Crippen molar-refractivity contribution in [3.05, 3.63) is 81.3 Å². The molecular formula is C20H20N2OS. The number of aryl methyl sites for hydroxylation is 2. The van der Waals surface area contributed by atoms with Gasteiger partial charge in [0.1, 0.15) is 0 Å². The van der Waals surface area contributed by atoms with Gasteiger partial charge >= 0.3 is 0 Å². The standard InChI is InChI=1S/C20H20N2OS/c1-3-22-14-19(15(2)21-22)20(23)12-11-17-9-10-18(24-17)13-16-7-5-4-6-8-16/h4-12,14H,3,13H2,1-2H3/b12-11+. The van der Waals surface area contributed by atoms with Crippen LogP contribution in [0.15, 0.2) is 54.7 Å². The fraction of sp³-hybridized carbons (Fsp3) is 0.200. The number of benzene rings is 1. The van der Waals surface area contributed by atoms with E-state index < -0.39 is 0 Å². The minimum atomic E-state index is 0.00482. The first-order chi connectivity index (χ1) is 11.7. The Hall–Kier alpha value is -2.46. The number of carbonyl (C=O) groups is 1. The minimum Gasteiger partial charge on any atom is -0.289 e. The van der Waals surface area contributed by atoms with Gasteiger partial charge in [0.05, 0.1) is 11.3 Å². The molecule has 3 rings (SSSR count). The van der Waals surface area contributed by atoms with Crippen molar-refractivity contribution in [3.63, 3.8) is 0 Å². The Morgan fingerprint density at radius 2 is 2.00 bits per heavy atom. The Bertz CT molecular complexity index is 859. The van der Waals surface area contributed by atoms with E-state index in [0.29, 0.717) is 5.56 Å². The average Bonchev–Trinajstić information content (AvgIpc) is 3.20. The topological polar surface area (TPSA) is 34.9 Å². The number of aromatic nitrogens is 2. The highest BCUT2D eigenvalue weighted by molar-refractivity contribution is 7.12.